The Bertz CT molecular complexity index is 606. The van der Waals surface area contributed by atoms with Crippen molar-refractivity contribution in [1.29, 1.82) is 0 Å². The second-order valence-corrected chi connectivity index (χ2v) is 6.12. The molecular formula is C16H18O3S. The lowest BCUT2D eigenvalue weighted by molar-refractivity contribution is 0.0671. The molecule has 2 heterocycles. The third-order valence-electron chi connectivity index (χ3n) is 3.63. The fourth-order valence-corrected chi connectivity index (χ4v) is 3.48. The predicted molar refractivity (Wildman–Crippen MR) is 79.6 cm³/mol. The highest BCUT2D eigenvalue weighted by molar-refractivity contribution is 7.12. The molecule has 0 saturated carbocycles. The van der Waals surface area contributed by atoms with Gasteiger partial charge in [-0.05, 0) is 36.8 Å². The van der Waals surface area contributed by atoms with Gasteiger partial charge in [-0.25, -0.2) is 0 Å². The molecule has 0 radical (unpaired) electrons. The van der Waals surface area contributed by atoms with Crippen LogP contribution in [-0.4, -0.2) is 12.2 Å². The maximum atomic E-state index is 10.3. The summed E-state index contributed by atoms with van der Waals surface area (Å²) in [5.74, 6) is 1.50. The maximum Gasteiger partial charge on any atom is 0.136 e. The summed E-state index contributed by atoms with van der Waals surface area (Å²) in [5, 5.41) is 10.3. The molecule has 0 amide bonds. The van der Waals surface area contributed by atoms with E-state index in [2.05, 4.69) is 19.1 Å². The fourth-order valence-electron chi connectivity index (χ4n) is 2.48. The summed E-state index contributed by atoms with van der Waals surface area (Å²) in [6.07, 6.45) is 1.06. The zero-order valence-electron chi connectivity index (χ0n) is 11.6. The molecule has 1 aliphatic heterocycles. The Labute approximate surface area is 122 Å². The zero-order chi connectivity index (χ0) is 14.1. The summed E-state index contributed by atoms with van der Waals surface area (Å²) < 4.78 is 11.2. The number of aliphatic hydroxyl groups is 1. The lowest BCUT2D eigenvalue weighted by Crippen LogP contribution is -2.18. The van der Waals surface area contributed by atoms with Gasteiger partial charge < -0.3 is 14.6 Å². The summed E-state index contributed by atoms with van der Waals surface area (Å²) in [4.78, 5) is 2.53. The molecule has 4 heteroatoms. The fraction of sp³-hybridized carbons (Fsp3) is 0.375. The molecule has 0 fully saturated rings. The molecule has 1 aromatic carbocycles. The Morgan fingerprint density at radius 2 is 2.20 bits per heavy atom. The lowest BCUT2D eigenvalue weighted by atomic mass is 9.98. The first kappa shape index (κ1) is 13.5. The van der Waals surface area contributed by atoms with E-state index in [1.54, 1.807) is 18.4 Å². The average Bonchev–Trinajstić information content (AvgIpc) is 2.96. The van der Waals surface area contributed by atoms with E-state index in [4.69, 9.17) is 9.47 Å². The van der Waals surface area contributed by atoms with Gasteiger partial charge in [-0.1, -0.05) is 6.92 Å². The van der Waals surface area contributed by atoms with Gasteiger partial charge >= 0.3 is 0 Å². The number of ether oxygens (including phenoxy) is 2. The van der Waals surface area contributed by atoms with Gasteiger partial charge in [-0.2, -0.15) is 0 Å². The van der Waals surface area contributed by atoms with Crippen molar-refractivity contribution in [3.8, 4) is 11.5 Å². The molecule has 0 bridgehead atoms. The average molecular weight is 290 g/mol. The molecule has 106 valence electrons. The second-order valence-electron chi connectivity index (χ2n) is 4.92. The maximum absolute atomic E-state index is 10.3. The predicted octanol–water partition coefficient (Wildman–Crippen LogP) is 3.88. The second kappa shape index (κ2) is 5.46. The standard InChI is InChI=1S/C16H18O3S/c1-3-11-5-7-16(20-11)15-9-13(17)12-8-10(18-2)4-6-14(12)19-15/h4-8,13,15,17H,3,9H2,1-2H3/t13-,15?/m0/s1. The third kappa shape index (κ3) is 2.41. The van der Waals surface area contributed by atoms with Crippen LogP contribution < -0.4 is 9.47 Å². The Morgan fingerprint density at radius 3 is 2.90 bits per heavy atom. The number of aliphatic hydroxyl groups excluding tert-OH is 1. The van der Waals surface area contributed by atoms with Gasteiger partial charge in [0.05, 0.1) is 13.2 Å². The first-order valence-corrected chi connectivity index (χ1v) is 7.64. The highest BCUT2D eigenvalue weighted by Gasteiger charge is 2.29. The monoisotopic (exact) mass is 290 g/mol. The summed E-state index contributed by atoms with van der Waals surface area (Å²) in [6.45, 7) is 2.15. The van der Waals surface area contributed by atoms with E-state index >= 15 is 0 Å². The van der Waals surface area contributed by atoms with E-state index in [9.17, 15) is 5.11 Å². The zero-order valence-corrected chi connectivity index (χ0v) is 12.4. The number of hydrogen-bond donors (Lipinski definition) is 1. The highest BCUT2D eigenvalue weighted by Crippen LogP contribution is 2.43. The van der Waals surface area contributed by atoms with Gasteiger partial charge in [-0.15, -0.1) is 11.3 Å². The van der Waals surface area contributed by atoms with Crippen LogP contribution in [0.5, 0.6) is 11.5 Å². The Hall–Kier alpha value is -1.52. The van der Waals surface area contributed by atoms with Crippen molar-refractivity contribution in [1.82, 2.24) is 0 Å². The Kier molecular flexibility index (Phi) is 3.68. The molecule has 2 atom stereocenters. The Morgan fingerprint density at radius 1 is 1.35 bits per heavy atom. The lowest BCUT2D eigenvalue weighted by Gasteiger charge is -2.29. The van der Waals surface area contributed by atoms with Crippen LogP contribution in [-0.2, 0) is 6.42 Å². The minimum absolute atomic E-state index is 0.0591. The molecule has 1 unspecified atom stereocenters. The van der Waals surface area contributed by atoms with Gasteiger partial charge in [0.2, 0.25) is 0 Å². The van der Waals surface area contributed by atoms with E-state index in [1.165, 1.54) is 9.75 Å². The molecule has 1 aromatic heterocycles. The summed E-state index contributed by atoms with van der Waals surface area (Å²) >= 11 is 1.76. The molecule has 0 saturated heterocycles. The SMILES string of the molecule is CCc1ccc(C2C[C@H](O)c3cc(OC)ccc3O2)s1. The van der Waals surface area contributed by atoms with Crippen molar-refractivity contribution in [3.63, 3.8) is 0 Å². The van der Waals surface area contributed by atoms with Crippen LogP contribution in [0.15, 0.2) is 30.3 Å². The molecular weight excluding hydrogens is 272 g/mol. The number of rotatable bonds is 3. The van der Waals surface area contributed by atoms with E-state index in [1.807, 2.05) is 18.2 Å². The molecule has 2 aromatic rings. The minimum atomic E-state index is -0.508. The molecule has 20 heavy (non-hydrogen) atoms. The van der Waals surface area contributed by atoms with Crippen molar-refractivity contribution < 1.29 is 14.6 Å². The molecule has 3 rings (SSSR count). The third-order valence-corrected chi connectivity index (χ3v) is 4.95. The summed E-state index contributed by atoms with van der Waals surface area (Å²) in [6, 6.07) is 9.83. The number of thiophene rings is 1. The Balaban J connectivity index is 1.88. The highest BCUT2D eigenvalue weighted by atomic mass is 32.1. The molecule has 1 N–H and O–H groups in total. The quantitative estimate of drug-likeness (QED) is 0.932. The van der Waals surface area contributed by atoms with Crippen LogP contribution in [0.3, 0.4) is 0 Å². The summed E-state index contributed by atoms with van der Waals surface area (Å²) in [7, 11) is 1.62. The number of hydrogen-bond acceptors (Lipinski definition) is 4. The molecule has 0 spiro atoms. The molecule has 3 nitrogen and oxygen atoms in total. The van der Waals surface area contributed by atoms with Crippen LogP contribution in [0.4, 0.5) is 0 Å². The van der Waals surface area contributed by atoms with E-state index < -0.39 is 6.10 Å². The smallest absolute Gasteiger partial charge is 0.136 e. The van der Waals surface area contributed by atoms with Crippen molar-refractivity contribution in [2.75, 3.05) is 7.11 Å². The van der Waals surface area contributed by atoms with E-state index in [0.717, 1.165) is 23.5 Å². The first-order valence-electron chi connectivity index (χ1n) is 6.82. The van der Waals surface area contributed by atoms with Gasteiger partial charge in [0.15, 0.2) is 0 Å². The van der Waals surface area contributed by atoms with E-state index in [0.29, 0.717) is 6.42 Å². The van der Waals surface area contributed by atoms with Crippen molar-refractivity contribution >= 4 is 11.3 Å². The van der Waals surface area contributed by atoms with Crippen molar-refractivity contribution in [2.24, 2.45) is 0 Å². The molecule has 1 aliphatic rings. The first-order chi connectivity index (χ1) is 9.71. The van der Waals surface area contributed by atoms with Gasteiger partial charge in [0, 0.05) is 21.7 Å². The number of aryl methyl sites for hydroxylation is 1. The van der Waals surface area contributed by atoms with Crippen LogP contribution in [0.2, 0.25) is 0 Å². The number of methoxy groups -OCH3 is 1. The summed E-state index contributed by atoms with van der Waals surface area (Å²) in [5.41, 5.74) is 0.813. The minimum Gasteiger partial charge on any atom is -0.497 e. The van der Waals surface area contributed by atoms with Crippen LogP contribution in [0, 0.1) is 0 Å². The van der Waals surface area contributed by atoms with Crippen molar-refractivity contribution in [2.45, 2.75) is 32.0 Å². The van der Waals surface area contributed by atoms with Gasteiger partial charge in [0.1, 0.15) is 17.6 Å². The largest absolute Gasteiger partial charge is 0.497 e. The number of fused-ring (bicyclic) bond motifs is 1. The van der Waals surface area contributed by atoms with Gasteiger partial charge in [0.25, 0.3) is 0 Å². The van der Waals surface area contributed by atoms with Crippen LogP contribution >= 0.6 is 11.3 Å². The number of benzene rings is 1. The van der Waals surface area contributed by atoms with Crippen LogP contribution in [0.25, 0.3) is 0 Å². The van der Waals surface area contributed by atoms with E-state index in [-0.39, 0.29) is 6.10 Å². The van der Waals surface area contributed by atoms with Crippen LogP contribution in [0.1, 0.15) is 40.9 Å². The molecule has 0 aliphatic carbocycles. The van der Waals surface area contributed by atoms with Gasteiger partial charge in [-0.3, -0.25) is 0 Å². The van der Waals surface area contributed by atoms with Crippen molar-refractivity contribution in [3.05, 3.63) is 45.6 Å². The normalized spacial score (nSPS) is 21.1. The topological polar surface area (TPSA) is 38.7 Å².